The summed E-state index contributed by atoms with van der Waals surface area (Å²) in [6.07, 6.45) is 4.10. The number of aromatic nitrogens is 1. The van der Waals surface area contributed by atoms with E-state index in [1.807, 2.05) is 0 Å². The highest BCUT2D eigenvalue weighted by Crippen LogP contribution is 2.25. The molecular formula is C19H20F2N2O3. The van der Waals surface area contributed by atoms with Crippen molar-refractivity contribution in [1.29, 1.82) is 0 Å². The lowest BCUT2D eigenvalue weighted by molar-refractivity contribution is 0.0888. The second-order valence-electron chi connectivity index (χ2n) is 6.38. The highest BCUT2D eigenvalue weighted by atomic mass is 19.1. The number of benzene rings is 1. The van der Waals surface area contributed by atoms with Gasteiger partial charge in [-0.25, -0.2) is 8.78 Å². The van der Waals surface area contributed by atoms with E-state index in [1.54, 1.807) is 12.1 Å². The molecule has 1 aromatic carbocycles. The molecule has 0 radical (unpaired) electrons. The second-order valence-corrected chi connectivity index (χ2v) is 6.38. The first kappa shape index (κ1) is 18.3. The Morgan fingerprint density at radius 2 is 1.85 bits per heavy atom. The minimum absolute atomic E-state index is 0.00817. The number of nitrogens with one attached hydrogen (secondary N) is 1. The largest absolute Gasteiger partial charge is 0.490 e. The first-order chi connectivity index (χ1) is 12.5. The number of aliphatic hydroxyl groups excluding tert-OH is 1. The van der Waals surface area contributed by atoms with Crippen LogP contribution in [-0.2, 0) is 6.61 Å². The summed E-state index contributed by atoms with van der Waals surface area (Å²) in [4.78, 5) is 16.3. The van der Waals surface area contributed by atoms with Crippen molar-refractivity contribution in [3.05, 3.63) is 59.4 Å². The van der Waals surface area contributed by atoms with Gasteiger partial charge in [-0.1, -0.05) is 0 Å². The highest BCUT2D eigenvalue weighted by molar-refractivity contribution is 5.92. The zero-order chi connectivity index (χ0) is 18.5. The van der Waals surface area contributed by atoms with Crippen LogP contribution in [0.4, 0.5) is 8.78 Å². The predicted molar refractivity (Wildman–Crippen MR) is 90.7 cm³/mol. The van der Waals surface area contributed by atoms with Crippen molar-refractivity contribution in [3.8, 4) is 5.75 Å². The number of aliphatic hydroxyl groups is 1. The molecule has 1 aliphatic carbocycles. The molecule has 1 fully saturated rings. The highest BCUT2D eigenvalue weighted by Gasteiger charge is 2.24. The van der Waals surface area contributed by atoms with Gasteiger partial charge in [-0.2, -0.15) is 0 Å². The summed E-state index contributed by atoms with van der Waals surface area (Å²) in [6, 6.07) is 6.33. The maximum absolute atomic E-state index is 13.2. The van der Waals surface area contributed by atoms with Gasteiger partial charge in [0, 0.05) is 30.4 Å². The minimum atomic E-state index is -0.668. The number of carbonyl (C=O) groups excluding carboxylic acids is 1. The third-order valence-corrected chi connectivity index (χ3v) is 4.39. The Hall–Kier alpha value is -2.54. The minimum Gasteiger partial charge on any atom is -0.490 e. The Kier molecular flexibility index (Phi) is 5.78. The monoisotopic (exact) mass is 362 g/mol. The molecule has 1 aromatic heterocycles. The number of pyridine rings is 1. The summed E-state index contributed by atoms with van der Waals surface area (Å²) in [7, 11) is 0. The summed E-state index contributed by atoms with van der Waals surface area (Å²) in [5.74, 6) is -1.44. The van der Waals surface area contributed by atoms with Crippen LogP contribution < -0.4 is 10.1 Å². The van der Waals surface area contributed by atoms with Crippen molar-refractivity contribution in [1.82, 2.24) is 10.3 Å². The first-order valence-electron chi connectivity index (χ1n) is 8.53. The molecule has 26 heavy (non-hydrogen) atoms. The molecule has 1 aliphatic rings. The van der Waals surface area contributed by atoms with Crippen molar-refractivity contribution in [3.63, 3.8) is 0 Å². The number of carbonyl (C=O) groups is 1. The molecule has 138 valence electrons. The van der Waals surface area contributed by atoms with Crippen molar-refractivity contribution in [2.75, 3.05) is 0 Å². The molecule has 2 aromatic rings. The maximum Gasteiger partial charge on any atom is 0.270 e. The lowest BCUT2D eigenvalue weighted by Gasteiger charge is -2.29. The van der Waals surface area contributed by atoms with Crippen LogP contribution in [0.2, 0.25) is 0 Å². The van der Waals surface area contributed by atoms with Gasteiger partial charge in [0.15, 0.2) is 0 Å². The molecular weight excluding hydrogens is 342 g/mol. The van der Waals surface area contributed by atoms with Crippen molar-refractivity contribution < 1.29 is 23.4 Å². The molecule has 0 aliphatic heterocycles. The normalized spacial score (nSPS) is 19.8. The number of hydrogen-bond acceptors (Lipinski definition) is 4. The van der Waals surface area contributed by atoms with Gasteiger partial charge in [-0.15, -0.1) is 0 Å². The van der Waals surface area contributed by atoms with Gasteiger partial charge in [0.25, 0.3) is 5.91 Å². The standard InChI is InChI=1S/C19H20F2N2O3/c20-13-8-14(21)10-17(9-13)26-16-3-1-15(2-4-16)23-19(25)18-7-12(11-24)5-6-22-18/h5-10,15-16,24H,1-4,11H2,(H,23,25). The van der Waals surface area contributed by atoms with E-state index in [2.05, 4.69) is 10.3 Å². The summed E-state index contributed by atoms with van der Waals surface area (Å²) >= 11 is 0. The molecule has 7 heteroatoms. The van der Waals surface area contributed by atoms with E-state index < -0.39 is 11.6 Å². The molecule has 0 bridgehead atoms. The first-order valence-corrected chi connectivity index (χ1v) is 8.53. The second kappa shape index (κ2) is 8.23. The predicted octanol–water partition coefficient (Wildman–Crippen LogP) is 2.97. The van der Waals surface area contributed by atoms with Crippen LogP contribution in [0.3, 0.4) is 0 Å². The molecule has 0 atom stereocenters. The molecule has 1 heterocycles. The zero-order valence-electron chi connectivity index (χ0n) is 14.1. The van der Waals surface area contributed by atoms with Crippen LogP contribution >= 0.6 is 0 Å². The van der Waals surface area contributed by atoms with Crippen molar-refractivity contribution >= 4 is 5.91 Å². The molecule has 2 N–H and O–H groups in total. The molecule has 3 rings (SSSR count). The Balaban J connectivity index is 1.51. The van der Waals surface area contributed by atoms with Crippen molar-refractivity contribution in [2.24, 2.45) is 0 Å². The van der Waals surface area contributed by atoms with Gasteiger partial charge in [0.1, 0.15) is 23.1 Å². The van der Waals surface area contributed by atoms with E-state index in [0.717, 1.165) is 18.2 Å². The van der Waals surface area contributed by atoms with Crippen LogP contribution in [0.5, 0.6) is 5.75 Å². The molecule has 0 unspecified atom stereocenters. The van der Waals surface area contributed by atoms with E-state index in [4.69, 9.17) is 9.84 Å². The topological polar surface area (TPSA) is 71.5 Å². The lowest BCUT2D eigenvalue weighted by Crippen LogP contribution is -2.40. The smallest absolute Gasteiger partial charge is 0.270 e. The van der Waals surface area contributed by atoms with E-state index in [1.165, 1.54) is 6.20 Å². The lowest BCUT2D eigenvalue weighted by atomic mass is 9.92. The Bertz CT molecular complexity index is 757. The van der Waals surface area contributed by atoms with Crippen LogP contribution in [-0.4, -0.2) is 28.1 Å². The van der Waals surface area contributed by atoms with E-state index in [-0.39, 0.29) is 36.1 Å². The fraction of sp³-hybridized carbons (Fsp3) is 0.368. The number of ether oxygens (including phenoxy) is 1. The maximum atomic E-state index is 13.2. The number of rotatable bonds is 5. The fourth-order valence-corrected chi connectivity index (χ4v) is 3.07. The van der Waals surface area contributed by atoms with E-state index in [9.17, 15) is 13.6 Å². The van der Waals surface area contributed by atoms with Crippen LogP contribution in [0.15, 0.2) is 36.5 Å². The SMILES string of the molecule is O=C(NC1CCC(Oc2cc(F)cc(F)c2)CC1)c1cc(CO)ccn1. The van der Waals surface area contributed by atoms with Crippen LogP contribution in [0.25, 0.3) is 0 Å². The average Bonchev–Trinajstić information content (AvgIpc) is 2.62. The molecule has 1 amide bonds. The molecule has 5 nitrogen and oxygen atoms in total. The summed E-state index contributed by atoms with van der Waals surface area (Å²) in [5, 5.41) is 12.1. The van der Waals surface area contributed by atoms with Gasteiger partial charge in [-0.05, 0) is 43.4 Å². The Morgan fingerprint density at radius 1 is 1.15 bits per heavy atom. The van der Waals surface area contributed by atoms with Gasteiger partial charge >= 0.3 is 0 Å². The van der Waals surface area contributed by atoms with E-state index >= 15 is 0 Å². The van der Waals surface area contributed by atoms with E-state index in [0.29, 0.717) is 31.2 Å². The molecule has 1 saturated carbocycles. The third kappa shape index (κ3) is 4.76. The quantitative estimate of drug-likeness (QED) is 0.858. The fourth-order valence-electron chi connectivity index (χ4n) is 3.07. The summed E-state index contributed by atoms with van der Waals surface area (Å²) < 4.78 is 32.1. The van der Waals surface area contributed by atoms with Gasteiger partial charge in [-0.3, -0.25) is 9.78 Å². The van der Waals surface area contributed by atoms with Gasteiger partial charge in [0.05, 0.1) is 12.7 Å². The number of nitrogens with zero attached hydrogens (tertiary/aromatic N) is 1. The van der Waals surface area contributed by atoms with Gasteiger partial charge < -0.3 is 15.2 Å². The van der Waals surface area contributed by atoms with Crippen molar-refractivity contribution in [2.45, 2.75) is 44.4 Å². The average molecular weight is 362 g/mol. The molecule has 0 saturated heterocycles. The van der Waals surface area contributed by atoms with Crippen LogP contribution in [0.1, 0.15) is 41.7 Å². The number of hydrogen-bond donors (Lipinski definition) is 2. The summed E-state index contributed by atoms with van der Waals surface area (Å²) in [6.45, 7) is -0.147. The van der Waals surface area contributed by atoms with Gasteiger partial charge in [0.2, 0.25) is 0 Å². The number of halogens is 2. The summed E-state index contributed by atoms with van der Waals surface area (Å²) in [5.41, 5.74) is 0.898. The number of amides is 1. The van der Waals surface area contributed by atoms with Crippen LogP contribution in [0, 0.1) is 11.6 Å². The Labute approximate surface area is 150 Å². The molecule has 0 spiro atoms. The third-order valence-electron chi connectivity index (χ3n) is 4.39. The Morgan fingerprint density at radius 3 is 2.50 bits per heavy atom. The zero-order valence-corrected chi connectivity index (χ0v) is 14.1.